The van der Waals surface area contributed by atoms with Crippen molar-refractivity contribution < 1.29 is 9.53 Å². The van der Waals surface area contributed by atoms with Gasteiger partial charge >= 0.3 is 5.97 Å². The summed E-state index contributed by atoms with van der Waals surface area (Å²) >= 11 is 0. The number of fused-ring (bicyclic) bond motifs is 1. The van der Waals surface area contributed by atoms with E-state index in [2.05, 4.69) is 4.98 Å². The number of pyridine rings is 2. The van der Waals surface area contributed by atoms with Gasteiger partial charge in [0, 0.05) is 19.4 Å². The molecule has 0 aliphatic carbocycles. The molecule has 5 nitrogen and oxygen atoms in total. The smallest absolute Gasteiger partial charge is 0.343 e. The van der Waals surface area contributed by atoms with Crippen LogP contribution in [0.15, 0.2) is 29.3 Å². The van der Waals surface area contributed by atoms with Gasteiger partial charge in [-0.3, -0.25) is 4.79 Å². The molecule has 0 radical (unpaired) electrons. The summed E-state index contributed by atoms with van der Waals surface area (Å²) in [6.45, 7) is 1.94. The minimum atomic E-state index is -0.598. The first kappa shape index (κ1) is 11.3. The molecule has 2 aromatic heterocycles. The first-order chi connectivity index (χ1) is 8.15. The van der Waals surface area contributed by atoms with Crippen LogP contribution in [0.3, 0.4) is 0 Å². The van der Waals surface area contributed by atoms with Crippen LogP contribution in [0.2, 0.25) is 0 Å². The Morgan fingerprint density at radius 1 is 1.53 bits per heavy atom. The Labute approximate surface area is 97.7 Å². The Kier molecular flexibility index (Phi) is 2.91. The Bertz CT molecular complexity index is 631. The summed E-state index contributed by atoms with van der Waals surface area (Å²) in [5.74, 6) is -0.598. The van der Waals surface area contributed by atoms with Crippen LogP contribution in [0.5, 0.6) is 0 Å². The number of carbonyl (C=O) groups is 1. The molecule has 2 heterocycles. The zero-order valence-electron chi connectivity index (χ0n) is 9.64. The van der Waals surface area contributed by atoms with E-state index in [1.807, 2.05) is 0 Å². The van der Waals surface area contributed by atoms with Crippen LogP contribution in [0.4, 0.5) is 0 Å². The highest BCUT2D eigenvalue weighted by atomic mass is 16.5. The first-order valence-electron chi connectivity index (χ1n) is 5.26. The van der Waals surface area contributed by atoms with Gasteiger partial charge in [-0.1, -0.05) is 0 Å². The van der Waals surface area contributed by atoms with Gasteiger partial charge in [-0.2, -0.15) is 0 Å². The van der Waals surface area contributed by atoms with Gasteiger partial charge in [-0.05, 0) is 19.1 Å². The molecule has 0 aromatic carbocycles. The summed E-state index contributed by atoms with van der Waals surface area (Å²) in [6.07, 6.45) is 3.06. The van der Waals surface area contributed by atoms with Crippen molar-refractivity contribution in [1.29, 1.82) is 0 Å². The van der Waals surface area contributed by atoms with E-state index < -0.39 is 5.97 Å². The molecule has 0 atom stereocenters. The van der Waals surface area contributed by atoms with Crippen LogP contribution in [0.1, 0.15) is 17.3 Å². The number of aryl methyl sites for hydroxylation is 1. The average Bonchev–Trinajstić information content (AvgIpc) is 2.34. The highest BCUT2D eigenvalue weighted by molar-refractivity contribution is 5.92. The van der Waals surface area contributed by atoms with Crippen LogP contribution in [-0.4, -0.2) is 22.1 Å². The highest BCUT2D eigenvalue weighted by Gasteiger charge is 2.15. The summed E-state index contributed by atoms with van der Waals surface area (Å²) in [4.78, 5) is 27.7. The largest absolute Gasteiger partial charge is 0.462 e. The van der Waals surface area contributed by atoms with Gasteiger partial charge in [0.1, 0.15) is 11.2 Å². The maximum Gasteiger partial charge on any atom is 0.343 e. The lowest BCUT2D eigenvalue weighted by Crippen LogP contribution is -2.20. The predicted octanol–water partition coefficient (Wildman–Crippen LogP) is 1.11. The van der Waals surface area contributed by atoms with Gasteiger partial charge in [0.15, 0.2) is 0 Å². The van der Waals surface area contributed by atoms with Crippen LogP contribution in [-0.2, 0) is 11.8 Å². The van der Waals surface area contributed by atoms with E-state index in [1.165, 1.54) is 6.20 Å². The third-order valence-corrected chi connectivity index (χ3v) is 2.43. The lowest BCUT2D eigenvalue weighted by atomic mass is 10.2. The zero-order chi connectivity index (χ0) is 12.4. The summed E-state index contributed by atoms with van der Waals surface area (Å²) in [6, 6.07) is 3.31. The molecule has 5 heteroatoms. The van der Waals surface area contributed by atoms with E-state index in [1.54, 1.807) is 36.9 Å². The molecule has 0 N–H and O–H groups in total. The van der Waals surface area contributed by atoms with Gasteiger partial charge in [0.05, 0.1) is 12.0 Å². The Morgan fingerprint density at radius 3 is 3.00 bits per heavy atom. The van der Waals surface area contributed by atoms with Gasteiger partial charge < -0.3 is 9.30 Å². The molecule has 88 valence electrons. The fraction of sp³-hybridized carbons (Fsp3) is 0.250. The van der Waals surface area contributed by atoms with Crippen molar-refractivity contribution in [1.82, 2.24) is 9.55 Å². The van der Waals surface area contributed by atoms with Crippen LogP contribution in [0, 0.1) is 0 Å². The molecular formula is C12H12N2O3. The molecule has 0 fully saturated rings. The highest BCUT2D eigenvalue weighted by Crippen LogP contribution is 2.07. The number of ether oxygens (including phenoxy) is 1. The fourth-order valence-corrected chi connectivity index (χ4v) is 1.67. The van der Waals surface area contributed by atoms with E-state index in [0.717, 1.165) is 0 Å². The predicted molar refractivity (Wildman–Crippen MR) is 62.9 cm³/mol. The van der Waals surface area contributed by atoms with Gasteiger partial charge in [0.2, 0.25) is 5.43 Å². The second-order valence-electron chi connectivity index (χ2n) is 3.58. The molecule has 0 bridgehead atoms. The quantitative estimate of drug-likeness (QED) is 0.728. The molecule has 0 amide bonds. The van der Waals surface area contributed by atoms with Crippen LogP contribution < -0.4 is 5.43 Å². The van der Waals surface area contributed by atoms with Crippen LogP contribution in [0.25, 0.3) is 11.0 Å². The molecule has 0 spiro atoms. The van der Waals surface area contributed by atoms with E-state index in [-0.39, 0.29) is 17.6 Å². The molecule has 0 saturated heterocycles. The van der Waals surface area contributed by atoms with Crippen molar-refractivity contribution in [3.05, 3.63) is 40.3 Å². The van der Waals surface area contributed by atoms with E-state index in [4.69, 9.17) is 4.74 Å². The monoisotopic (exact) mass is 232 g/mol. The van der Waals surface area contributed by atoms with Gasteiger partial charge in [0.25, 0.3) is 0 Å². The number of carbonyl (C=O) groups excluding carboxylic acids is 1. The SMILES string of the molecule is CCOC(=O)c1cn(C)c2ncccc2c1=O. The van der Waals surface area contributed by atoms with Gasteiger partial charge in [-0.15, -0.1) is 0 Å². The van der Waals surface area contributed by atoms with Gasteiger partial charge in [-0.25, -0.2) is 9.78 Å². The lowest BCUT2D eigenvalue weighted by molar-refractivity contribution is 0.0524. The molecule has 0 unspecified atom stereocenters. The molecular weight excluding hydrogens is 220 g/mol. The first-order valence-corrected chi connectivity index (χ1v) is 5.26. The zero-order valence-corrected chi connectivity index (χ0v) is 9.64. The summed E-state index contributed by atoms with van der Waals surface area (Å²) < 4.78 is 6.48. The minimum Gasteiger partial charge on any atom is -0.462 e. The van der Waals surface area contributed by atoms with Crippen molar-refractivity contribution in [2.45, 2.75) is 6.92 Å². The van der Waals surface area contributed by atoms with Crippen molar-refractivity contribution in [3.8, 4) is 0 Å². The number of aromatic nitrogens is 2. The Morgan fingerprint density at radius 2 is 2.29 bits per heavy atom. The third-order valence-electron chi connectivity index (χ3n) is 2.43. The summed E-state index contributed by atoms with van der Waals surface area (Å²) in [5, 5.41) is 0.417. The maximum absolute atomic E-state index is 12.0. The Balaban J connectivity index is 2.71. The number of esters is 1. The second-order valence-corrected chi connectivity index (χ2v) is 3.58. The van der Waals surface area contributed by atoms with E-state index in [9.17, 15) is 9.59 Å². The second kappa shape index (κ2) is 4.37. The van der Waals surface area contributed by atoms with Crippen molar-refractivity contribution in [2.24, 2.45) is 7.05 Å². The summed E-state index contributed by atoms with van der Waals surface area (Å²) in [7, 11) is 1.73. The molecule has 2 rings (SSSR count). The topological polar surface area (TPSA) is 61.2 Å². The maximum atomic E-state index is 12.0. The molecule has 0 aliphatic heterocycles. The van der Waals surface area contributed by atoms with Crippen molar-refractivity contribution in [2.75, 3.05) is 6.61 Å². The standard InChI is InChI=1S/C12H12N2O3/c1-3-17-12(16)9-7-14(2)11-8(10(9)15)5-4-6-13-11/h4-7H,3H2,1-2H3. The fourth-order valence-electron chi connectivity index (χ4n) is 1.67. The lowest BCUT2D eigenvalue weighted by Gasteiger charge is -2.07. The third kappa shape index (κ3) is 1.91. The molecule has 17 heavy (non-hydrogen) atoms. The summed E-state index contributed by atoms with van der Waals surface area (Å²) in [5.41, 5.74) is 0.241. The van der Waals surface area contributed by atoms with Crippen molar-refractivity contribution in [3.63, 3.8) is 0 Å². The van der Waals surface area contributed by atoms with E-state index >= 15 is 0 Å². The molecule has 0 aliphatic rings. The molecule has 2 aromatic rings. The van der Waals surface area contributed by atoms with Crippen molar-refractivity contribution >= 4 is 17.0 Å². The number of hydrogen-bond donors (Lipinski definition) is 0. The Hall–Kier alpha value is -2.17. The molecule has 0 saturated carbocycles. The number of nitrogens with zero attached hydrogens (tertiary/aromatic N) is 2. The number of rotatable bonds is 2. The normalized spacial score (nSPS) is 10.5. The van der Waals surface area contributed by atoms with E-state index in [0.29, 0.717) is 11.0 Å². The minimum absolute atomic E-state index is 0.0369. The van der Waals surface area contributed by atoms with Crippen LogP contribution >= 0.6 is 0 Å². The average molecular weight is 232 g/mol. The number of hydrogen-bond acceptors (Lipinski definition) is 4.